The van der Waals surface area contributed by atoms with E-state index in [0.717, 1.165) is 15.8 Å². The third-order valence-electron chi connectivity index (χ3n) is 2.60. The summed E-state index contributed by atoms with van der Waals surface area (Å²) in [7, 11) is 0. The molecule has 0 radical (unpaired) electrons. The lowest BCUT2D eigenvalue weighted by atomic mass is 10.2. The summed E-state index contributed by atoms with van der Waals surface area (Å²) in [6.07, 6.45) is 1.47. The van der Waals surface area contributed by atoms with E-state index in [1.165, 1.54) is 17.7 Å². The molecule has 2 aromatic heterocycles. The van der Waals surface area contributed by atoms with Crippen LogP contribution in [0.1, 0.15) is 36.0 Å². The third-order valence-corrected chi connectivity index (χ3v) is 3.80. The summed E-state index contributed by atoms with van der Waals surface area (Å²) >= 11 is 1.37. The molecular formula is C13H17N3O2S. The second-order valence-electron chi connectivity index (χ2n) is 4.48. The lowest BCUT2D eigenvalue weighted by molar-refractivity contribution is 0.0947. The lowest BCUT2D eigenvalue weighted by Crippen LogP contribution is -2.29. The molecule has 0 unspecified atom stereocenters. The van der Waals surface area contributed by atoms with Crippen LogP contribution in [0.5, 0.6) is 5.88 Å². The van der Waals surface area contributed by atoms with Gasteiger partial charge in [0.2, 0.25) is 5.88 Å². The zero-order valence-electron chi connectivity index (χ0n) is 11.5. The predicted molar refractivity (Wildman–Crippen MR) is 75.9 cm³/mol. The molecule has 0 atom stereocenters. The molecule has 0 bridgehead atoms. The second-order valence-corrected chi connectivity index (χ2v) is 5.48. The molecule has 1 N–H and O–H groups in total. The first-order valence-electron chi connectivity index (χ1n) is 6.22. The number of hydrogen-bond donors (Lipinski definition) is 1. The number of amides is 1. The van der Waals surface area contributed by atoms with E-state index in [4.69, 9.17) is 4.74 Å². The van der Waals surface area contributed by atoms with Crippen molar-refractivity contribution in [2.45, 2.75) is 33.7 Å². The maximum atomic E-state index is 12.1. The van der Waals surface area contributed by atoms with E-state index in [2.05, 4.69) is 15.3 Å². The van der Waals surface area contributed by atoms with Crippen LogP contribution < -0.4 is 10.1 Å². The van der Waals surface area contributed by atoms with Crippen molar-refractivity contribution in [3.8, 4) is 5.88 Å². The van der Waals surface area contributed by atoms with E-state index in [1.54, 1.807) is 0 Å². The molecule has 19 heavy (non-hydrogen) atoms. The van der Waals surface area contributed by atoms with Crippen LogP contribution in [0, 0.1) is 6.92 Å². The van der Waals surface area contributed by atoms with Crippen molar-refractivity contribution in [2.24, 2.45) is 0 Å². The minimum Gasteiger partial charge on any atom is -0.477 e. The average molecular weight is 279 g/mol. The van der Waals surface area contributed by atoms with Crippen molar-refractivity contribution in [2.75, 3.05) is 6.61 Å². The second kappa shape index (κ2) is 5.52. The SMILES string of the molecule is CCOc1ncnc2sc(C(=O)NC(C)C)c(C)c12. The number of thiophene rings is 1. The van der Waals surface area contributed by atoms with Gasteiger partial charge in [-0.15, -0.1) is 11.3 Å². The molecule has 2 heterocycles. The molecule has 0 fully saturated rings. The van der Waals surface area contributed by atoms with Gasteiger partial charge in [-0.25, -0.2) is 9.97 Å². The summed E-state index contributed by atoms with van der Waals surface area (Å²) in [5, 5.41) is 3.73. The summed E-state index contributed by atoms with van der Waals surface area (Å²) < 4.78 is 5.50. The number of rotatable bonds is 4. The third kappa shape index (κ3) is 2.68. The molecular weight excluding hydrogens is 262 g/mol. The highest BCUT2D eigenvalue weighted by Crippen LogP contribution is 2.34. The molecule has 0 saturated heterocycles. The Labute approximate surface area is 116 Å². The summed E-state index contributed by atoms with van der Waals surface area (Å²) in [6.45, 7) is 8.22. The van der Waals surface area contributed by atoms with Crippen LogP contribution in [0.15, 0.2) is 6.33 Å². The number of carbonyl (C=O) groups is 1. The van der Waals surface area contributed by atoms with Gasteiger partial charge in [-0.1, -0.05) is 0 Å². The molecule has 0 aromatic carbocycles. The van der Waals surface area contributed by atoms with Crippen LogP contribution in [0.25, 0.3) is 10.2 Å². The van der Waals surface area contributed by atoms with E-state index in [-0.39, 0.29) is 11.9 Å². The van der Waals surface area contributed by atoms with Gasteiger partial charge in [-0.3, -0.25) is 4.79 Å². The maximum Gasteiger partial charge on any atom is 0.261 e. The molecule has 102 valence electrons. The highest BCUT2D eigenvalue weighted by atomic mass is 32.1. The summed E-state index contributed by atoms with van der Waals surface area (Å²) in [5.41, 5.74) is 0.877. The quantitative estimate of drug-likeness (QED) is 0.934. The van der Waals surface area contributed by atoms with Crippen LogP contribution >= 0.6 is 11.3 Å². The normalized spacial score (nSPS) is 11.0. The van der Waals surface area contributed by atoms with Crippen molar-refractivity contribution in [1.29, 1.82) is 0 Å². The largest absolute Gasteiger partial charge is 0.477 e. The van der Waals surface area contributed by atoms with Gasteiger partial charge in [0, 0.05) is 6.04 Å². The van der Waals surface area contributed by atoms with Gasteiger partial charge in [0.15, 0.2) is 0 Å². The number of nitrogens with zero attached hydrogens (tertiary/aromatic N) is 2. The predicted octanol–water partition coefficient (Wildman–Crippen LogP) is 2.54. The summed E-state index contributed by atoms with van der Waals surface area (Å²) in [5.74, 6) is 0.475. The Bertz CT molecular complexity index is 607. The minimum absolute atomic E-state index is 0.0713. The van der Waals surface area contributed by atoms with Crippen molar-refractivity contribution in [3.63, 3.8) is 0 Å². The van der Waals surface area contributed by atoms with Crippen molar-refractivity contribution < 1.29 is 9.53 Å². The molecule has 0 aliphatic rings. The first kappa shape index (κ1) is 13.7. The average Bonchev–Trinajstić information content (AvgIpc) is 2.68. The van der Waals surface area contributed by atoms with Crippen molar-refractivity contribution in [1.82, 2.24) is 15.3 Å². The highest BCUT2D eigenvalue weighted by molar-refractivity contribution is 7.20. The Balaban J connectivity index is 2.50. The number of aromatic nitrogens is 2. The lowest BCUT2D eigenvalue weighted by Gasteiger charge is -2.07. The molecule has 6 heteroatoms. The Hall–Kier alpha value is -1.69. The number of fused-ring (bicyclic) bond motifs is 1. The molecule has 5 nitrogen and oxygen atoms in total. The zero-order chi connectivity index (χ0) is 14.0. The van der Waals surface area contributed by atoms with E-state index in [9.17, 15) is 4.79 Å². The fourth-order valence-electron chi connectivity index (χ4n) is 1.83. The summed E-state index contributed by atoms with van der Waals surface area (Å²) in [6, 6.07) is 0.106. The minimum atomic E-state index is -0.0713. The molecule has 2 rings (SSSR count). The molecule has 0 spiro atoms. The fourth-order valence-corrected chi connectivity index (χ4v) is 2.87. The molecule has 2 aromatic rings. The van der Waals surface area contributed by atoms with E-state index in [1.807, 2.05) is 27.7 Å². The van der Waals surface area contributed by atoms with E-state index in [0.29, 0.717) is 17.4 Å². The summed E-state index contributed by atoms with van der Waals surface area (Å²) in [4.78, 5) is 21.9. The Morgan fingerprint density at radius 1 is 1.47 bits per heavy atom. The first-order valence-corrected chi connectivity index (χ1v) is 7.04. The van der Waals surface area contributed by atoms with Crippen LogP contribution in [0.2, 0.25) is 0 Å². The van der Waals surface area contributed by atoms with Crippen LogP contribution in [-0.2, 0) is 0 Å². The monoisotopic (exact) mass is 279 g/mol. The fraction of sp³-hybridized carbons (Fsp3) is 0.462. The molecule has 0 saturated carbocycles. The van der Waals surface area contributed by atoms with Crippen molar-refractivity contribution in [3.05, 3.63) is 16.8 Å². The topological polar surface area (TPSA) is 64.1 Å². The maximum absolute atomic E-state index is 12.1. The van der Waals surface area contributed by atoms with Gasteiger partial charge in [-0.05, 0) is 33.3 Å². The molecule has 0 aliphatic carbocycles. The number of aryl methyl sites for hydroxylation is 1. The highest BCUT2D eigenvalue weighted by Gasteiger charge is 2.20. The number of nitrogens with one attached hydrogen (secondary N) is 1. The van der Waals surface area contributed by atoms with Crippen LogP contribution in [0.4, 0.5) is 0 Å². The smallest absolute Gasteiger partial charge is 0.261 e. The molecule has 1 amide bonds. The first-order chi connectivity index (χ1) is 9.04. The number of carbonyl (C=O) groups excluding carboxylic acids is 1. The van der Waals surface area contributed by atoms with Gasteiger partial charge in [-0.2, -0.15) is 0 Å². The van der Waals surface area contributed by atoms with Crippen LogP contribution in [0.3, 0.4) is 0 Å². The van der Waals surface area contributed by atoms with E-state index < -0.39 is 0 Å². The molecule has 0 aliphatic heterocycles. The van der Waals surface area contributed by atoms with Gasteiger partial charge in [0.05, 0.1) is 16.9 Å². The van der Waals surface area contributed by atoms with Crippen LogP contribution in [-0.4, -0.2) is 28.5 Å². The van der Waals surface area contributed by atoms with Gasteiger partial charge in [0.25, 0.3) is 5.91 Å². The van der Waals surface area contributed by atoms with Gasteiger partial charge in [0.1, 0.15) is 11.2 Å². The zero-order valence-corrected chi connectivity index (χ0v) is 12.3. The number of ether oxygens (including phenoxy) is 1. The Kier molecular flexibility index (Phi) is 3.99. The Morgan fingerprint density at radius 3 is 2.84 bits per heavy atom. The standard InChI is InChI=1S/C13H17N3O2S/c1-5-18-12-9-8(4)10(11(17)16-7(2)3)19-13(9)15-6-14-12/h6-7H,5H2,1-4H3,(H,16,17). The van der Waals surface area contributed by atoms with Gasteiger partial charge < -0.3 is 10.1 Å². The van der Waals surface area contributed by atoms with Crippen molar-refractivity contribution >= 4 is 27.5 Å². The van der Waals surface area contributed by atoms with E-state index >= 15 is 0 Å². The van der Waals surface area contributed by atoms with Gasteiger partial charge >= 0.3 is 0 Å². The Morgan fingerprint density at radius 2 is 2.21 bits per heavy atom. The number of hydrogen-bond acceptors (Lipinski definition) is 5.